The first kappa shape index (κ1) is 11.9. The monoisotopic (exact) mass is 256 g/mol. The zero-order valence-electron chi connectivity index (χ0n) is 11.0. The molecule has 3 rings (SSSR count). The number of rotatable bonds is 4. The molecule has 0 saturated heterocycles. The molecule has 0 aromatic carbocycles. The summed E-state index contributed by atoms with van der Waals surface area (Å²) in [5.74, 6) is 0.914. The van der Waals surface area contributed by atoms with Crippen molar-refractivity contribution in [2.45, 2.75) is 26.4 Å². The van der Waals surface area contributed by atoms with E-state index < -0.39 is 0 Å². The van der Waals surface area contributed by atoms with Crippen molar-refractivity contribution >= 4 is 5.65 Å². The van der Waals surface area contributed by atoms with Crippen molar-refractivity contribution < 1.29 is 0 Å². The summed E-state index contributed by atoms with van der Waals surface area (Å²) in [5, 5.41) is 18.8. The van der Waals surface area contributed by atoms with Gasteiger partial charge in [-0.25, -0.2) is 0 Å². The van der Waals surface area contributed by atoms with Crippen LogP contribution in [0.15, 0.2) is 30.6 Å². The highest BCUT2D eigenvalue weighted by Gasteiger charge is 2.13. The molecule has 6 nitrogen and oxygen atoms in total. The Morgan fingerprint density at radius 1 is 1.37 bits per heavy atom. The second-order valence-electron chi connectivity index (χ2n) is 4.61. The molecule has 3 aromatic heterocycles. The number of hydrogen-bond acceptors (Lipinski definition) is 4. The van der Waals surface area contributed by atoms with Gasteiger partial charge in [0.05, 0.1) is 12.2 Å². The standard InChI is InChI=1S/C13H16N6/c1-9-11(8-15-16-9)7-14-10(2)13-18-17-12-5-3-4-6-19(12)13/h3-6,8,10,14H,7H2,1-2H3,(H,15,16). The van der Waals surface area contributed by atoms with Crippen molar-refractivity contribution in [3.8, 4) is 0 Å². The summed E-state index contributed by atoms with van der Waals surface area (Å²) < 4.78 is 2.00. The molecule has 0 bridgehead atoms. The van der Waals surface area contributed by atoms with Gasteiger partial charge >= 0.3 is 0 Å². The van der Waals surface area contributed by atoms with Crippen LogP contribution in [0.5, 0.6) is 0 Å². The largest absolute Gasteiger partial charge is 0.303 e. The number of aromatic nitrogens is 5. The average molecular weight is 256 g/mol. The third kappa shape index (κ3) is 2.22. The fraction of sp³-hybridized carbons (Fsp3) is 0.308. The van der Waals surface area contributed by atoms with E-state index in [-0.39, 0.29) is 6.04 Å². The predicted molar refractivity (Wildman–Crippen MR) is 71.6 cm³/mol. The van der Waals surface area contributed by atoms with E-state index in [1.54, 1.807) is 0 Å². The highest BCUT2D eigenvalue weighted by Crippen LogP contribution is 2.13. The van der Waals surface area contributed by atoms with Gasteiger partial charge in [-0.05, 0) is 26.0 Å². The number of hydrogen-bond donors (Lipinski definition) is 2. The van der Waals surface area contributed by atoms with Crippen molar-refractivity contribution in [2.75, 3.05) is 0 Å². The van der Waals surface area contributed by atoms with Gasteiger partial charge in [-0.2, -0.15) is 5.10 Å². The van der Waals surface area contributed by atoms with Gasteiger partial charge in [0.15, 0.2) is 11.5 Å². The van der Waals surface area contributed by atoms with E-state index in [0.717, 1.165) is 23.7 Å². The number of nitrogens with zero attached hydrogens (tertiary/aromatic N) is 4. The fourth-order valence-electron chi connectivity index (χ4n) is 2.06. The van der Waals surface area contributed by atoms with Crippen molar-refractivity contribution in [3.05, 3.63) is 47.7 Å². The molecule has 6 heteroatoms. The van der Waals surface area contributed by atoms with Crippen LogP contribution in [0.3, 0.4) is 0 Å². The molecule has 3 heterocycles. The fourth-order valence-corrected chi connectivity index (χ4v) is 2.06. The van der Waals surface area contributed by atoms with Gasteiger partial charge in [-0.15, -0.1) is 10.2 Å². The van der Waals surface area contributed by atoms with Crippen LogP contribution in [0.4, 0.5) is 0 Å². The van der Waals surface area contributed by atoms with Gasteiger partial charge in [0, 0.05) is 24.0 Å². The molecular formula is C13H16N6. The maximum atomic E-state index is 4.24. The molecule has 0 radical (unpaired) electrons. The van der Waals surface area contributed by atoms with Crippen LogP contribution in [-0.4, -0.2) is 24.8 Å². The highest BCUT2D eigenvalue weighted by atomic mass is 15.3. The van der Waals surface area contributed by atoms with Crippen LogP contribution in [0, 0.1) is 6.92 Å². The van der Waals surface area contributed by atoms with E-state index in [1.165, 1.54) is 5.56 Å². The third-order valence-electron chi connectivity index (χ3n) is 3.26. The first-order valence-electron chi connectivity index (χ1n) is 6.27. The molecule has 0 aliphatic carbocycles. The maximum absolute atomic E-state index is 4.24. The van der Waals surface area contributed by atoms with Crippen LogP contribution in [0.25, 0.3) is 5.65 Å². The van der Waals surface area contributed by atoms with Gasteiger partial charge in [0.25, 0.3) is 0 Å². The van der Waals surface area contributed by atoms with Crippen molar-refractivity contribution in [1.29, 1.82) is 0 Å². The van der Waals surface area contributed by atoms with E-state index in [2.05, 4.69) is 32.6 Å². The lowest BCUT2D eigenvalue weighted by atomic mass is 10.2. The van der Waals surface area contributed by atoms with E-state index in [4.69, 9.17) is 0 Å². The van der Waals surface area contributed by atoms with E-state index in [1.807, 2.05) is 41.9 Å². The van der Waals surface area contributed by atoms with Crippen LogP contribution < -0.4 is 5.32 Å². The summed E-state index contributed by atoms with van der Waals surface area (Å²) in [6.45, 7) is 4.85. The predicted octanol–water partition coefficient (Wildman–Crippen LogP) is 1.61. The Morgan fingerprint density at radius 2 is 2.26 bits per heavy atom. The minimum absolute atomic E-state index is 0.117. The molecule has 0 saturated carbocycles. The lowest BCUT2D eigenvalue weighted by Gasteiger charge is -2.11. The second kappa shape index (κ2) is 4.81. The second-order valence-corrected chi connectivity index (χ2v) is 4.61. The summed E-state index contributed by atoms with van der Waals surface area (Å²) in [7, 11) is 0. The van der Waals surface area contributed by atoms with Gasteiger partial charge in [0.2, 0.25) is 0 Å². The minimum Gasteiger partial charge on any atom is -0.303 e. The number of nitrogens with one attached hydrogen (secondary N) is 2. The Kier molecular flexibility index (Phi) is 3.00. The number of pyridine rings is 1. The molecule has 1 atom stereocenters. The van der Waals surface area contributed by atoms with E-state index >= 15 is 0 Å². The highest BCUT2D eigenvalue weighted by molar-refractivity contribution is 5.37. The number of fused-ring (bicyclic) bond motifs is 1. The average Bonchev–Trinajstić information content (AvgIpc) is 3.02. The van der Waals surface area contributed by atoms with Gasteiger partial charge < -0.3 is 5.32 Å². The van der Waals surface area contributed by atoms with Crippen LogP contribution in [-0.2, 0) is 6.54 Å². The van der Waals surface area contributed by atoms with E-state index in [0.29, 0.717) is 0 Å². The minimum atomic E-state index is 0.117. The third-order valence-corrected chi connectivity index (χ3v) is 3.26. The quantitative estimate of drug-likeness (QED) is 0.744. The zero-order valence-corrected chi connectivity index (χ0v) is 11.0. The molecule has 1 unspecified atom stereocenters. The summed E-state index contributed by atoms with van der Waals surface area (Å²) in [5.41, 5.74) is 3.12. The van der Waals surface area contributed by atoms with E-state index in [9.17, 15) is 0 Å². The Balaban J connectivity index is 1.77. The lowest BCUT2D eigenvalue weighted by Crippen LogP contribution is -2.20. The molecule has 0 amide bonds. The summed E-state index contributed by atoms with van der Waals surface area (Å²) in [4.78, 5) is 0. The van der Waals surface area contributed by atoms with Gasteiger partial charge in [0.1, 0.15) is 0 Å². The summed E-state index contributed by atoms with van der Waals surface area (Å²) in [6, 6.07) is 6.00. The van der Waals surface area contributed by atoms with Crippen LogP contribution in [0.1, 0.15) is 30.0 Å². The van der Waals surface area contributed by atoms with Gasteiger partial charge in [-0.1, -0.05) is 6.07 Å². The Morgan fingerprint density at radius 3 is 3.05 bits per heavy atom. The van der Waals surface area contributed by atoms with Crippen molar-refractivity contribution in [3.63, 3.8) is 0 Å². The van der Waals surface area contributed by atoms with Crippen LogP contribution >= 0.6 is 0 Å². The SMILES string of the molecule is Cc1[nH]ncc1CNC(C)c1nnc2ccccn12. The topological polar surface area (TPSA) is 70.9 Å². The molecule has 2 N–H and O–H groups in total. The molecule has 98 valence electrons. The summed E-state index contributed by atoms with van der Waals surface area (Å²) in [6.07, 6.45) is 3.82. The molecular weight excluding hydrogens is 240 g/mol. The Hall–Kier alpha value is -2.21. The molecule has 0 aliphatic heterocycles. The summed E-state index contributed by atoms with van der Waals surface area (Å²) >= 11 is 0. The molecule has 19 heavy (non-hydrogen) atoms. The lowest BCUT2D eigenvalue weighted by molar-refractivity contribution is 0.540. The normalized spacial score (nSPS) is 12.9. The molecule has 0 fully saturated rings. The number of aryl methyl sites for hydroxylation is 1. The number of H-pyrrole nitrogens is 1. The van der Waals surface area contributed by atoms with Crippen molar-refractivity contribution in [2.24, 2.45) is 0 Å². The molecule has 0 aliphatic rings. The Labute approximate surface area is 110 Å². The van der Waals surface area contributed by atoms with Gasteiger partial charge in [-0.3, -0.25) is 9.50 Å². The first-order chi connectivity index (χ1) is 9.25. The van der Waals surface area contributed by atoms with Crippen molar-refractivity contribution in [1.82, 2.24) is 30.1 Å². The Bertz CT molecular complexity index is 683. The zero-order chi connectivity index (χ0) is 13.2. The number of aromatic amines is 1. The molecule has 0 spiro atoms. The first-order valence-corrected chi connectivity index (χ1v) is 6.27. The maximum Gasteiger partial charge on any atom is 0.160 e. The van der Waals surface area contributed by atoms with Crippen LogP contribution in [0.2, 0.25) is 0 Å². The smallest absolute Gasteiger partial charge is 0.160 e. The molecule has 3 aromatic rings.